The van der Waals surface area contributed by atoms with Gasteiger partial charge >= 0.3 is 5.97 Å². The maximum absolute atomic E-state index is 12.4. The molecule has 0 bridgehead atoms. The molecule has 110 valence electrons. The molecule has 2 aromatic carbocycles. The molecular formula is C15H15NO4S. The van der Waals surface area contributed by atoms with Crippen LogP contribution in [-0.4, -0.2) is 21.5 Å². The van der Waals surface area contributed by atoms with Gasteiger partial charge in [0, 0.05) is 5.69 Å². The van der Waals surface area contributed by atoms with E-state index in [1.165, 1.54) is 19.2 Å². The first-order valence-corrected chi connectivity index (χ1v) is 7.69. The highest BCUT2D eigenvalue weighted by atomic mass is 32.2. The summed E-state index contributed by atoms with van der Waals surface area (Å²) in [5.41, 5.74) is 1.45. The smallest absolute Gasteiger partial charge is 0.339 e. The Hall–Kier alpha value is -2.34. The molecule has 0 aliphatic rings. The van der Waals surface area contributed by atoms with Gasteiger partial charge in [0.1, 0.15) is 4.90 Å². The van der Waals surface area contributed by atoms with Crippen LogP contribution in [0.2, 0.25) is 0 Å². The van der Waals surface area contributed by atoms with Crippen LogP contribution < -0.4 is 4.72 Å². The molecule has 0 spiro atoms. The van der Waals surface area contributed by atoms with Crippen LogP contribution in [0.25, 0.3) is 0 Å². The predicted octanol–water partition coefficient (Wildman–Crippen LogP) is 2.58. The largest absolute Gasteiger partial charge is 0.465 e. The van der Waals surface area contributed by atoms with Gasteiger partial charge in [-0.2, -0.15) is 0 Å². The van der Waals surface area contributed by atoms with Crippen molar-refractivity contribution >= 4 is 21.7 Å². The number of carbonyl (C=O) groups excluding carboxylic acids is 1. The minimum Gasteiger partial charge on any atom is -0.465 e. The number of benzene rings is 2. The Labute approximate surface area is 123 Å². The summed E-state index contributed by atoms with van der Waals surface area (Å²) in [4.78, 5) is 11.6. The third kappa shape index (κ3) is 3.41. The van der Waals surface area contributed by atoms with Crippen molar-refractivity contribution in [1.29, 1.82) is 0 Å². The molecule has 6 heteroatoms. The van der Waals surface area contributed by atoms with E-state index >= 15 is 0 Å². The second-order valence-electron chi connectivity index (χ2n) is 4.46. The number of hydrogen-bond donors (Lipinski definition) is 1. The summed E-state index contributed by atoms with van der Waals surface area (Å²) >= 11 is 0. The topological polar surface area (TPSA) is 72.5 Å². The Bertz CT molecular complexity index is 751. The SMILES string of the molecule is COC(=O)c1ccccc1S(=O)(=O)Nc1ccc(C)cc1. The van der Waals surface area contributed by atoms with Gasteiger partial charge in [-0.05, 0) is 31.2 Å². The molecule has 1 N–H and O–H groups in total. The molecule has 0 aliphatic carbocycles. The average Bonchev–Trinajstić information content (AvgIpc) is 2.48. The van der Waals surface area contributed by atoms with Crippen molar-refractivity contribution in [3.05, 3.63) is 59.7 Å². The van der Waals surface area contributed by atoms with E-state index in [-0.39, 0.29) is 10.5 Å². The van der Waals surface area contributed by atoms with Crippen molar-refractivity contribution in [2.45, 2.75) is 11.8 Å². The summed E-state index contributed by atoms with van der Waals surface area (Å²) in [6, 6.07) is 12.8. The van der Waals surface area contributed by atoms with Crippen molar-refractivity contribution in [3.8, 4) is 0 Å². The summed E-state index contributed by atoms with van der Waals surface area (Å²) in [7, 11) is -2.66. The minimum atomic E-state index is -3.86. The second-order valence-corrected chi connectivity index (χ2v) is 6.11. The Morgan fingerprint density at radius 2 is 1.67 bits per heavy atom. The van der Waals surface area contributed by atoms with Crippen LogP contribution in [0.5, 0.6) is 0 Å². The Balaban J connectivity index is 2.40. The molecular weight excluding hydrogens is 290 g/mol. The maximum atomic E-state index is 12.4. The van der Waals surface area contributed by atoms with E-state index in [0.29, 0.717) is 5.69 Å². The number of carbonyl (C=O) groups is 1. The van der Waals surface area contributed by atoms with E-state index in [1.54, 1.807) is 36.4 Å². The van der Waals surface area contributed by atoms with E-state index in [0.717, 1.165) is 5.56 Å². The van der Waals surface area contributed by atoms with Crippen LogP contribution >= 0.6 is 0 Å². The highest BCUT2D eigenvalue weighted by molar-refractivity contribution is 7.92. The summed E-state index contributed by atoms with van der Waals surface area (Å²) in [5, 5.41) is 0. The number of anilines is 1. The molecule has 0 heterocycles. The van der Waals surface area contributed by atoms with Crippen molar-refractivity contribution in [2.24, 2.45) is 0 Å². The molecule has 0 saturated carbocycles. The van der Waals surface area contributed by atoms with Gasteiger partial charge in [-0.15, -0.1) is 0 Å². The van der Waals surface area contributed by atoms with Crippen molar-refractivity contribution in [3.63, 3.8) is 0 Å². The number of rotatable bonds is 4. The third-order valence-electron chi connectivity index (χ3n) is 2.89. The highest BCUT2D eigenvalue weighted by Gasteiger charge is 2.22. The third-order valence-corrected chi connectivity index (χ3v) is 4.33. The molecule has 0 atom stereocenters. The summed E-state index contributed by atoms with van der Waals surface area (Å²) in [6.07, 6.45) is 0. The molecule has 2 aromatic rings. The molecule has 0 amide bonds. The zero-order valence-electron chi connectivity index (χ0n) is 11.7. The second kappa shape index (κ2) is 5.97. The van der Waals surface area contributed by atoms with Gasteiger partial charge in [0.15, 0.2) is 0 Å². The highest BCUT2D eigenvalue weighted by Crippen LogP contribution is 2.20. The van der Waals surface area contributed by atoms with Crippen LogP contribution in [0.4, 0.5) is 5.69 Å². The number of sulfonamides is 1. The predicted molar refractivity (Wildman–Crippen MR) is 79.8 cm³/mol. The van der Waals surface area contributed by atoms with Gasteiger partial charge in [-0.25, -0.2) is 13.2 Å². The van der Waals surface area contributed by atoms with Gasteiger partial charge in [0.05, 0.1) is 12.7 Å². The number of aryl methyl sites for hydroxylation is 1. The average molecular weight is 305 g/mol. The van der Waals surface area contributed by atoms with Gasteiger partial charge in [0.2, 0.25) is 0 Å². The lowest BCUT2D eigenvalue weighted by Gasteiger charge is -2.11. The zero-order valence-corrected chi connectivity index (χ0v) is 12.5. The number of hydrogen-bond acceptors (Lipinski definition) is 4. The summed E-state index contributed by atoms with van der Waals surface area (Å²) in [6.45, 7) is 1.91. The minimum absolute atomic E-state index is 0.000360. The van der Waals surface area contributed by atoms with Crippen LogP contribution in [0, 0.1) is 6.92 Å². The zero-order chi connectivity index (χ0) is 15.5. The summed E-state index contributed by atoms with van der Waals surface area (Å²) in [5.74, 6) is -0.695. The van der Waals surface area contributed by atoms with E-state index < -0.39 is 16.0 Å². The van der Waals surface area contributed by atoms with Crippen molar-refractivity contribution < 1.29 is 17.9 Å². The number of esters is 1. The van der Waals surface area contributed by atoms with E-state index in [2.05, 4.69) is 9.46 Å². The molecule has 0 unspecified atom stereocenters. The number of nitrogens with one attached hydrogen (secondary N) is 1. The van der Waals surface area contributed by atoms with Crippen LogP contribution in [-0.2, 0) is 14.8 Å². The van der Waals surface area contributed by atoms with Gasteiger partial charge in [0.25, 0.3) is 10.0 Å². The normalized spacial score (nSPS) is 11.0. The van der Waals surface area contributed by atoms with E-state index in [1.807, 2.05) is 6.92 Å². The van der Waals surface area contributed by atoms with Gasteiger partial charge in [-0.3, -0.25) is 4.72 Å². The lowest BCUT2D eigenvalue weighted by Crippen LogP contribution is -2.17. The van der Waals surface area contributed by atoms with Crippen molar-refractivity contribution in [1.82, 2.24) is 0 Å². The lowest BCUT2D eigenvalue weighted by atomic mass is 10.2. The van der Waals surface area contributed by atoms with Gasteiger partial charge in [-0.1, -0.05) is 29.8 Å². The standard InChI is InChI=1S/C15H15NO4S/c1-11-7-9-12(10-8-11)16-21(18,19)14-6-4-3-5-13(14)15(17)20-2/h3-10,16H,1-2H3. The molecule has 0 aliphatic heterocycles. The quantitative estimate of drug-likeness (QED) is 0.881. The number of ether oxygens (including phenoxy) is 1. The molecule has 0 saturated heterocycles. The maximum Gasteiger partial charge on any atom is 0.339 e. The monoisotopic (exact) mass is 305 g/mol. The Morgan fingerprint density at radius 3 is 2.29 bits per heavy atom. The lowest BCUT2D eigenvalue weighted by molar-refractivity contribution is 0.0596. The molecule has 21 heavy (non-hydrogen) atoms. The molecule has 0 aromatic heterocycles. The van der Waals surface area contributed by atoms with Gasteiger partial charge < -0.3 is 4.74 Å². The number of methoxy groups -OCH3 is 1. The Kier molecular flexibility index (Phi) is 4.28. The fourth-order valence-corrected chi connectivity index (χ4v) is 3.07. The molecule has 0 fully saturated rings. The fraction of sp³-hybridized carbons (Fsp3) is 0.133. The summed E-state index contributed by atoms with van der Waals surface area (Å²) < 4.78 is 31.9. The first kappa shape index (κ1) is 15.1. The molecule has 2 rings (SSSR count). The Morgan fingerprint density at radius 1 is 1.05 bits per heavy atom. The molecule has 0 radical (unpaired) electrons. The molecule has 5 nitrogen and oxygen atoms in total. The van der Waals surface area contributed by atoms with Crippen LogP contribution in [0.3, 0.4) is 0 Å². The van der Waals surface area contributed by atoms with E-state index in [9.17, 15) is 13.2 Å². The first-order chi connectivity index (χ1) is 9.94. The first-order valence-electron chi connectivity index (χ1n) is 6.21. The fourth-order valence-electron chi connectivity index (χ4n) is 1.81. The van der Waals surface area contributed by atoms with Crippen LogP contribution in [0.1, 0.15) is 15.9 Å². The van der Waals surface area contributed by atoms with Crippen molar-refractivity contribution in [2.75, 3.05) is 11.8 Å². The van der Waals surface area contributed by atoms with E-state index in [4.69, 9.17) is 0 Å². The van der Waals surface area contributed by atoms with Crippen LogP contribution in [0.15, 0.2) is 53.4 Å².